The van der Waals surface area contributed by atoms with Gasteiger partial charge in [-0.1, -0.05) is 24.3 Å². The Morgan fingerprint density at radius 3 is 2.71 bits per heavy atom. The van der Waals surface area contributed by atoms with Crippen LogP contribution in [-0.2, 0) is 6.42 Å². The van der Waals surface area contributed by atoms with Gasteiger partial charge in [-0.05, 0) is 55.2 Å². The molecular formula is C18H19NO2. The molecule has 2 aromatic rings. The molecule has 3 nitrogen and oxygen atoms in total. The molecule has 1 aliphatic carbocycles. The van der Waals surface area contributed by atoms with E-state index in [0.717, 1.165) is 18.6 Å². The molecule has 0 saturated carbocycles. The quantitative estimate of drug-likeness (QED) is 0.931. The van der Waals surface area contributed by atoms with Gasteiger partial charge in [0, 0.05) is 5.56 Å². The normalized spacial score (nSPS) is 16.3. The standard InChI is InChI=1S/C18H19NO2/c1-2-21-15-10-7-14(8-11-15)18(20)19-17-12-9-13-5-3-4-6-16(13)17/h3-8,10-11,17H,2,9,12H2,1H3,(H,19,20)/t17-/m1/s1. The largest absolute Gasteiger partial charge is 0.494 e. The second-order valence-electron chi connectivity index (χ2n) is 5.22. The van der Waals surface area contributed by atoms with Crippen LogP contribution in [0.25, 0.3) is 0 Å². The minimum atomic E-state index is -0.0280. The number of fused-ring (bicyclic) bond motifs is 1. The maximum absolute atomic E-state index is 12.3. The first kappa shape index (κ1) is 13.7. The van der Waals surface area contributed by atoms with Crippen molar-refractivity contribution in [2.45, 2.75) is 25.8 Å². The Morgan fingerprint density at radius 2 is 1.95 bits per heavy atom. The number of amides is 1. The highest BCUT2D eigenvalue weighted by atomic mass is 16.5. The van der Waals surface area contributed by atoms with Crippen molar-refractivity contribution < 1.29 is 9.53 Å². The summed E-state index contributed by atoms with van der Waals surface area (Å²) in [5, 5.41) is 3.12. The molecule has 1 N–H and O–H groups in total. The zero-order valence-electron chi connectivity index (χ0n) is 12.1. The fourth-order valence-corrected chi connectivity index (χ4v) is 2.82. The molecule has 0 saturated heterocycles. The summed E-state index contributed by atoms with van der Waals surface area (Å²) < 4.78 is 5.39. The van der Waals surface area contributed by atoms with E-state index in [4.69, 9.17) is 4.74 Å². The molecule has 1 atom stereocenters. The maximum Gasteiger partial charge on any atom is 0.251 e. The van der Waals surface area contributed by atoms with Crippen molar-refractivity contribution >= 4 is 5.91 Å². The van der Waals surface area contributed by atoms with Crippen molar-refractivity contribution in [3.8, 4) is 5.75 Å². The number of benzene rings is 2. The highest BCUT2D eigenvalue weighted by molar-refractivity contribution is 5.94. The van der Waals surface area contributed by atoms with Crippen LogP contribution in [0, 0.1) is 0 Å². The number of nitrogens with one attached hydrogen (secondary N) is 1. The highest BCUT2D eigenvalue weighted by Gasteiger charge is 2.23. The topological polar surface area (TPSA) is 38.3 Å². The molecule has 0 unspecified atom stereocenters. The predicted molar refractivity (Wildman–Crippen MR) is 82.6 cm³/mol. The lowest BCUT2D eigenvalue weighted by Crippen LogP contribution is -2.27. The smallest absolute Gasteiger partial charge is 0.251 e. The summed E-state index contributed by atoms with van der Waals surface area (Å²) in [5.41, 5.74) is 3.26. The van der Waals surface area contributed by atoms with Crippen LogP contribution in [0.15, 0.2) is 48.5 Å². The van der Waals surface area contributed by atoms with Gasteiger partial charge in [-0.3, -0.25) is 4.79 Å². The molecular weight excluding hydrogens is 262 g/mol. The van der Waals surface area contributed by atoms with Crippen molar-refractivity contribution in [1.82, 2.24) is 5.32 Å². The second kappa shape index (κ2) is 6.00. The van der Waals surface area contributed by atoms with E-state index in [2.05, 4.69) is 23.5 Å². The fraction of sp³-hybridized carbons (Fsp3) is 0.278. The van der Waals surface area contributed by atoms with E-state index in [1.807, 2.05) is 25.1 Å². The molecule has 0 radical (unpaired) electrons. The van der Waals surface area contributed by atoms with E-state index >= 15 is 0 Å². The SMILES string of the molecule is CCOc1ccc(C(=O)N[C@@H]2CCc3ccccc32)cc1. The van der Waals surface area contributed by atoms with Gasteiger partial charge in [-0.2, -0.15) is 0 Å². The second-order valence-corrected chi connectivity index (χ2v) is 5.22. The number of aryl methyl sites for hydroxylation is 1. The Kier molecular flexibility index (Phi) is 3.91. The average molecular weight is 281 g/mol. The first-order chi connectivity index (χ1) is 10.3. The average Bonchev–Trinajstić information content (AvgIpc) is 2.92. The van der Waals surface area contributed by atoms with Crippen LogP contribution in [0.4, 0.5) is 0 Å². The predicted octanol–water partition coefficient (Wildman–Crippen LogP) is 3.50. The van der Waals surface area contributed by atoms with Crippen molar-refractivity contribution in [1.29, 1.82) is 0 Å². The van der Waals surface area contributed by atoms with E-state index in [0.29, 0.717) is 12.2 Å². The molecule has 0 fully saturated rings. The molecule has 1 amide bonds. The summed E-state index contributed by atoms with van der Waals surface area (Å²) >= 11 is 0. The Bertz CT molecular complexity index is 634. The molecule has 2 aromatic carbocycles. The van der Waals surface area contributed by atoms with Crippen LogP contribution in [0.3, 0.4) is 0 Å². The molecule has 0 aromatic heterocycles. The molecule has 3 rings (SSSR count). The molecule has 3 heteroatoms. The first-order valence-electron chi connectivity index (χ1n) is 7.39. The Labute approximate surface area is 124 Å². The van der Waals surface area contributed by atoms with Crippen molar-refractivity contribution in [2.75, 3.05) is 6.61 Å². The zero-order chi connectivity index (χ0) is 14.7. The van der Waals surface area contributed by atoms with Gasteiger partial charge >= 0.3 is 0 Å². The van der Waals surface area contributed by atoms with E-state index < -0.39 is 0 Å². The Balaban J connectivity index is 1.69. The Hall–Kier alpha value is -2.29. The number of hydrogen-bond acceptors (Lipinski definition) is 2. The highest BCUT2D eigenvalue weighted by Crippen LogP contribution is 2.30. The number of carbonyl (C=O) groups is 1. The van der Waals surface area contributed by atoms with E-state index in [-0.39, 0.29) is 11.9 Å². The molecule has 0 bridgehead atoms. The molecule has 0 spiro atoms. The van der Waals surface area contributed by atoms with Crippen molar-refractivity contribution in [2.24, 2.45) is 0 Å². The third-order valence-corrected chi connectivity index (χ3v) is 3.87. The van der Waals surface area contributed by atoms with Crippen LogP contribution in [0.2, 0.25) is 0 Å². The van der Waals surface area contributed by atoms with Crippen LogP contribution in [0.5, 0.6) is 5.75 Å². The monoisotopic (exact) mass is 281 g/mol. The zero-order valence-corrected chi connectivity index (χ0v) is 12.1. The lowest BCUT2D eigenvalue weighted by atomic mass is 10.1. The van der Waals surface area contributed by atoms with Gasteiger partial charge in [0.15, 0.2) is 0 Å². The summed E-state index contributed by atoms with van der Waals surface area (Å²) in [6.45, 7) is 2.57. The van der Waals surface area contributed by atoms with Crippen molar-refractivity contribution in [3.63, 3.8) is 0 Å². The Morgan fingerprint density at radius 1 is 1.19 bits per heavy atom. The molecule has 1 aliphatic rings. The number of rotatable bonds is 4. The van der Waals surface area contributed by atoms with Gasteiger partial charge in [0.05, 0.1) is 12.6 Å². The van der Waals surface area contributed by atoms with Gasteiger partial charge in [-0.15, -0.1) is 0 Å². The van der Waals surface area contributed by atoms with Gasteiger partial charge in [0.1, 0.15) is 5.75 Å². The third kappa shape index (κ3) is 2.92. The van der Waals surface area contributed by atoms with E-state index in [1.54, 1.807) is 12.1 Å². The van der Waals surface area contributed by atoms with E-state index in [9.17, 15) is 4.79 Å². The molecule has 108 valence electrons. The van der Waals surface area contributed by atoms with Crippen molar-refractivity contribution in [3.05, 3.63) is 65.2 Å². The van der Waals surface area contributed by atoms with Gasteiger partial charge in [0.25, 0.3) is 5.91 Å². The molecule has 0 aliphatic heterocycles. The van der Waals surface area contributed by atoms with Crippen LogP contribution >= 0.6 is 0 Å². The summed E-state index contributed by atoms with van der Waals surface area (Å²) in [6, 6.07) is 15.7. The third-order valence-electron chi connectivity index (χ3n) is 3.87. The maximum atomic E-state index is 12.3. The molecule has 21 heavy (non-hydrogen) atoms. The van der Waals surface area contributed by atoms with Crippen LogP contribution in [0.1, 0.15) is 40.9 Å². The van der Waals surface area contributed by atoms with Gasteiger partial charge in [-0.25, -0.2) is 0 Å². The number of hydrogen-bond donors (Lipinski definition) is 1. The minimum absolute atomic E-state index is 0.0280. The minimum Gasteiger partial charge on any atom is -0.494 e. The lowest BCUT2D eigenvalue weighted by Gasteiger charge is -2.14. The summed E-state index contributed by atoms with van der Waals surface area (Å²) in [6.07, 6.45) is 2.01. The first-order valence-corrected chi connectivity index (χ1v) is 7.39. The van der Waals surface area contributed by atoms with Crippen LogP contribution in [-0.4, -0.2) is 12.5 Å². The fourth-order valence-electron chi connectivity index (χ4n) is 2.82. The number of ether oxygens (including phenoxy) is 1. The lowest BCUT2D eigenvalue weighted by molar-refractivity contribution is 0.0936. The summed E-state index contributed by atoms with van der Waals surface area (Å²) in [5.74, 6) is 0.764. The van der Waals surface area contributed by atoms with Gasteiger partial charge < -0.3 is 10.1 Å². The summed E-state index contributed by atoms with van der Waals surface area (Å²) in [4.78, 5) is 12.3. The molecule has 0 heterocycles. The van der Waals surface area contributed by atoms with Gasteiger partial charge in [0.2, 0.25) is 0 Å². The number of carbonyl (C=O) groups excluding carboxylic acids is 1. The summed E-state index contributed by atoms with van der Waals surface area (Å²) in [7, 11) is 0. The van der Waals surface area contributed by atoms with Crippen LogP contribution < -0.4 is 10.1 Å². The van der Waals surface area contributed by atoms with E-state index in [1.165, 1.54) is 11.1 Å².